The summed E-state index contributed by atoms with van der Waals surface area (Å²) in [6.07, 6.45) is 3.96. The number of halogens is 1. The summed E-state index contributed by atoms with van der Waals surface area (Å²) in [6, 6.07) is 1.99. The van der Waals surface area contributed by atoms with Crippen molar-refractivity contribution in [2.45, 2.75) is 44.4 Å². The van der Waals surface area contributed by atoms with E-state index in [9.17, 15) is 0 Å². The Morgan fingerprint density at radius 1 is 1.47 bits per heavy atom. The average Bonchev–Trinajstić information content (AvgIpc) is 2.69. The van der Waals surface area contributed by atoms with Crippen molar-refractivity contribution in [3.8, 4) is 0 Å². The highest BCUT2D eigenvalue weighted by molar-refractivity contribution is 7.99. The van der Waals surface area contributed by atoms with Crippen LogP contribution in [-0.2, 0) is 6.54 Å². The fraction of sp³-hybridized carbons (Fsp3) is 0.571. The molecule has 2 rings (SSSR count). The van der Waals surface area contributed by atoms with Crippen LogP contribution in [0.4, 0.5) is 0 Å². The van der Waals surface area contributed by atoms with Crippen LogP contribution in [-0.4, -0.2) is 25.5 Å². The quantitative estimate of drug-likeness (QED) is 0.793. The lowest BCUT2D eigenvalue weighted by atomic mass is 10.2. The van der Waals surface area contributed by atoms with Crippen molar-refractivity contribution in [3.05, 3.63) is 23.7 Å². The Hall–Kier alpha value is -0.740. The molecule has 0 amide bonds. The van der Waals surface area contributed by atoms with E-state index in [0.29, 0.717) is 0 Å². The highest BCUT2D eigenvalue weighted by Crippen LogP contribution is 2.30. The third kappa shape index (κ3) is 2.90. The number of aromatic nitrogens is 3. The standard InChI is InChI=1S/C14H20ClN3S/c1-9-6-7-16-13-11(9)17-12(10(2)15)18(13)8-14(3,4)19-5/h6-7,10H,8H2,1-5H3. The number of alkyl halides is 1. The van der Waals surface area contributed by atoms with Gasteiger partial charge in [-0.05, 0) is 45.6 Å². The lowest BCUT2D eigenvalue weighted by Gasteiger charge is -2.24. The maximum Gasteiger partial charge on any atom is 0.160 e. The predicted octanol–water partition coefficient (Wildman–Crippen LogP) is 4.18. The first-order valence-electron chi connectivity index (χ1n) is 6.36. The topological polar surface area (TPSA) is 30.7 Å². The Morgan fingerprint density at radius 3 is 2.74 bits per heavy atom. The highest BCUT2D eigenvalue weighted by atomic mass is 35.5. The molecule has 0 radical (unpaired) electrons. The van der Waals surface area contributed by atoms with E-state index in [1.54, 1.807) is 0 Å². The van der Waals surface area contributed by atoms with Gasteiger partial charge in [-0.3, -0.25) is 0 Å². The molecule has 2 aromatic heterocycles. The third-order valence-electron chi connectivity index (χ3n) is 3.31. The molecule has 0 bridgehead atoms. The molecular formula is C14H20ClN3S. The Labute approximate surface area is 123 Å². The van der Waals surface area contributed by atoms with Crippen LogP contribution in [0.5, 0.6) is 0 Å². The molecule has 0 saturated carbocycles. The normalized spacial score (nSPS) is 14.0. The van der Waals surface area contributed by atoms with E-state index in [1.165, 1.54) is 0 Å². The molecule has 0 aliphatic rings. The fourth-order valence-corrected chi connectivity index (χ4v) is 2.48. The molecule has 0 aliphatic heterocycles. The van der Waals surface area contributed by atoms with Crippen LogP contribution >= 0.6 is 23.4 Å². The van der Waals surface area contributed by atoms with Crippen molar-refractivity contribution in [1.29, 1.82) is 0 Å². The maximum absolute atomic E-state index is 6.29. The number of hydrogen-bond acceptors (Lipinski definition) is 3. The minimum atomic E-state index is -0.119. The molecule has 2 aromatic rings. The molecule has 0 spiro atoms. The van der Waals surface area contributed by atoms with Crippen molar-refractivity contribution in [3.63, 3.8) is 0 Å². The summed E-state index contributed by atoms with van der Waals surface area (Å²) in [5.74, 6) is 0.903. The molecule has 104 valence electrons. The van der Waals surface area contributed by atoms with Crippen LogP contribution in [0, 0.1) is 6.92 Å². The zero-order valence-electron chi connectivity index (χ0n) is 12.1. The van der Waals surface area contributed by atoms with Crippen LogP contribution < -0.4 is 0 Å². The monoisotopic (exact) mass is 297 g/mol. The van der Waals surface area contributed by atoms with Crippen LogP contribution in [0.25, 0.3) is 11.2 Å². The summed E-state index contributed by atoms with van der Waals surface area (Å²) in [5, 5.41) is -0.119. The minimum Gasteiger partial charge on any atom is -0.310 e. The summed E-state index contributed by atoms with van der Waals surface area (Å²) < 4.78 is 2.29. The molecule has 0 N–H and O–H groups in total. The second-order valence-electron chi connectivity index (χ2n) is 5.44. The van der Waals surface area contributed by atoms with Crippen LogP contribution in [0.2, 0.25) is 0 Å². The van der Waals surface area contributed by atoms with Gasteiger partial charge in [0.1, 0.15) is 11.3 Å². The first-order chi connectivity index (χ1) is 8.85. The summed E-state index contributed by atoms with van der Waals surface area (Å²) in [5.41, 5.74) is 3.04. The first-order valence-corrected chi connectivity index (χ1v) is 8.03. The number of pyridine rings is 1. The summed E-state index contributed by atoms with van der Waals surface area (Å²) >= 11 is 8.13. The first kappa shape index (κ1) is 14.7. The van der Waals surface area contributed by atoms with Crippen molar-refractivity contribution < 1.29 is 0 Å². The van der Waals surface area contributed by atoms with E-state index >= 15 is 0 Å². The SMILES string of the molecule is CSC(C)(C)Cn1c(C(C)Cl)nc2c(C)ccnc21. The molecule has 0 aliphatic carbocycles. The smallest absolute Gasteiger partial charge is 0.160 e. The molecule has 0 fully saturated rings. The second kappa shape index (κ2) is 5.33. The molecule has 2 heterocycles. The lowest BCUT2D eigenvalue weighted by Crippen LogP contribution is -2.24. The van der Waals surface area contributed by atoms with Gasteiger partial charge in [0.15, 0.2) is 5.65 Å². The van der Waals surface area contributed by atoms with E-state index in [-0.39, 0.29) is 10.1 Å². The van der Waals surface area contributed by atoms with Gasteiger partial charge >= 0.3 is 0 Å². The van der Waals surface area contributed by atoms with Gasteiger partial charge in [-0.2, -0.15) is 11.8 Å². The van der Waals surface area contributed by atoms with Crippen molar-refractivity contribution >= 4 is 34.5 Å². The van der Waals surface area contributed by atoms with Crippen LogP contribution in [0.3, 0.4) is 0 Å². The zero-order chi connectivity index (χ0) is 14.2. The highest BCUT2D eigenvalue weighted by Gasteiger charge is 2.23. The van der Waals surface area contributed by atoms with Gasteiger partial charge < -0.3 is 4.57 Å². The number of aryl methyl sites for hydroxylation is 1. The number of thioether (sulfide) groups is 1. The largest absolute Gasteiger partial charge is 0.310 e. The summed E-state index contributed by atoms with van der Waals surface area (Å²) in [4.78, 5) is 9.19. The van der Waals surface area contributed by atoms with Gasteiger partial charge in [0.2, 0.25) is 0 Å². The lowest BCUT2D eigenvalue weighted by molar-refractivity contribution is 0.556. The van der Waals surface area contributed by atoms with Gasteiger partial charge in [0, 0.05) is 17.5 Å². The molecule has 5 heteroatoms. The van der Waals surface area contributed by atoms with Crippen LogP contribution in [0.15, 0.2) is 12.3 Å². The zero-order valence-corrected chi connectivity index (χ0v) is 13.6. The van der Waals surface area contributed by atoms with Gasteiger partial charge in [-0.25, -0.2) is 9.97 Å². The summed E-state index contributed by atoms with van der Waals surface area (Å²) in [7, 11) is 0. The number of rotatable bonds is 4. The Morgan fingerprint density at radius 2 is 2.16 bits per heavy atom. The third-order valence-corrected chi connectivity index (χ3v) is 4.74. The fourth-order valence-electron chi connectivity index (χ4n) is 2.06. The second-order valence-corrected chi connectivity index (χ2v) is 7.60. The Kier molecular flexibility index (Phi) is 4.11. The number of imidazole rings is 1. The van der Waals surface area contributed by atoms with E-state index in [2.05, 4.69) is 41.6 Å². The molecule has 0 saturated heterocycles. The van der Waals surface area contributed by atoms with E-state index in [4.69, 9.17) is 11.6 Å². The van der Waals surface area contributed by atoms with E-state index in [0.717, 1.165) is 29.1 Å². The molecule has 1 atom stereocenters. The average molecular weight is 298 g/mol. The minimum absolute atomic E-state index is 0.119. The van der Waals surface area contributed by atoms with Crippen LogP contribution in [0.1, 0.15) is 37.5 Å². The maximum atomic E-state index is 6.29. The number of nitrogens with zero attached hydrogens (tertiary/aromatic N) is 3. The van der Waals surface area contributed by atoms with E-state index in [1.807, 2.05) is 30.9 Å². The van der Waals surface area contributed by atoms with Gasteiger partial charge in [0.05, 0.1) is 5.38 Å². The predicted molar refractivity (Wildman–Crippen MR) is 84.1 cm³/mol. The van der Waals surface area contributed by atoms with Crippen molar-refractivity contribution in [2.75, 3.05) is 6.26 Å². The number of fused-ring (bicyclic) bond motifs is 1. The molecular weight excluding hydrogens is 278 g/mol. The van der Waals surface area contributed by atoms with Gasteiger partial charge in [-0.1, -0.05) is 0 Å². The Bertz CT molecular complexity index is 590. The number of hydrogen-bond donors (Lipinski definition) is 0. The molecule has 3 nitrogen and oxygen atoms in total. The van der Waals surface area contributed by atoms with Gasteiger partial charge in [0.25, 0.3) is 0 Å². The van der Waals surface area contributed by atoms with Crippen molar-refractivity contribution in [2.24, 2.45) is 0 Å². The Balaban J connectivity index is 2.62. The molecule has 19 heavy (non-hydrogen) atoms. The summed E-state index contributed by atoms with van der Waals surface area (Å²) in [6.45, 7) is 9.32. The molecule has 1 unspecified atom stereocenters. The van der Waals surface area contributed by atoms with Gasteiger partial charge in [-0.15, -0.1) is 11.6 Å². The molecule has 0 aromatic carbocycles. The van der Waals surface area contributed by atoms with E-state index < -0.39 is 0 Å². The van der Waals surface area contributed by atoms with Crippen molar-refractivity contribution in [1.82, 2.24) is 14.5 Å².